The predicted octanol–water partition coefficient (Wildman–Crippen LogP) is 3.48. The van der Waals surface area contributed by atoms with Gasteiger partial charge in [-0.2, -0.15) is 0 Å². The van der Waals surface area contributed by atoms with Gasteiger partial charge in [-0.1, -0.05) is 18.0 Å². The Balaban J connectivity index is 2.44. The van der Waals surface area contributed by atoms with E-state index in [0.29, 0.717) is 17.2 Å². The second-order valence-corrected chi connectivity index (χ2v) is 5.95. The molecule has 0 fully saturated rings. The molecule has 0 aromatic heterocycles. The fourth-order valence-corrected chi connectivity index (χ4v) is 3.39. The number of fused-ring (bicyclic) bond motifs is 1. The summed E-state index contributed by atoms with van der Waals surface area (Å²) in [4.78, 5) is 10.8. The molecule has 0 spiro atoms. The normalized spacial score (nSPS) is 16.0. The van der Waals surface area contributed by atoms with Crippen LogP contribution < -0.4 is 10.5 Å². The first-order valence-electron chi connectivity index (χ1n) is 7.40. The number of methoxy groups -OCH3 is 1. The fourth-order valence-electron chi connectivity index (χ4n) is 3.08. The van der Waals surface area contributed by atoms with Crippen molar-refractivity contribution in [3.63, 3.8) is 0 Å². The van der Waals surface area contributed by atoms with Gasteiger partial charge in [0.15, 0.2) is 0 Å². The zero-order valence-electron chi connectivity index (χ0n) is 12.3. The lowest BCUT2D eigenvalue weighted by molar-refractivity contribution is -0.137. The van der Waals surface area contributed by atoms with Crippen molar-refractivity contribution >= 4 is 17.6 Å². The summed E-state index contributed by atoms with van der Waals surface area (Å²) in [6, 6.07) is 1.62. The van der Waals surface area contributed by atoms with Gasteiger partial charge in [0.1, 0.15) is 5.75 Å². The lowest BCUT2D eigenvalue weighted by Gasteiger charge is -2.22. The van der Waals surface area contributed by atoms with E-state index in [-0.39, 0.29) is 12.5 Å². The maximum Gasteiger partial charge on any atom is 0.303 e. The van der Waals surface area contributed by atoms with Crippen molar-refractivity contribution in [1.82, 2.24) is 0 Å². The molecule has 1 unspecified atom stereocenters. The zero-order valence-corrected chi connectivity index (χ0v) is 13.1. The Morgan fingerprint density at radius 3 is 2.81 bits per heavy atom. The number of halogens is 1. The van der Waals surface area contributed by atoms with Crippen molar-refractivity contribution in [2.45, 2.75) is 51.0 Å². The SMILES string of the molecule is COc1c(Cl)cc2c(c1C(N)CCC(=O)O)CCCCC2. The molecule has 3 N–H and O–H groups in total. The number of carboxylic acid groups (broad SMARTS) is 1. The van der Waals surface area contributed by atoms with Crippen molar-refractivity contribution in [2.75, 3.05) is 7.11 Å². The minimum Gasteiger partial charge on any atom is -0.495 e. The molecule has 4 nitrogen and oxygen atoms in total. The van der Waals surface area contributed by atoms with Crippen LogP contribution in [0.2, 0.25) is 5.02 Å². The maximum atomic E-state index is 10.8. The molecule has 0 aliphatic heterocycles. The molecule has 1 aliphatic carbocycles. The van der Waals surface area contributed by atoms with Gasteiger partial charge in [0, 0.05) is 18.0 Å². The zero-order chi connectivity index (χ0) is 15.4. The second kappa shape index (κ2) is 7.14. The average molecular weight is 312 g/mol. The second-order valence-electron chi connectivity index (χ2n) is 5.54. The van der Waals surface area contributed by atoms with Gasteiger partial charge in [0.05, 0.1) is 12.1 Å². The number of carbonyl (C=O) groups is 1. The Morgan fingerprint density at radius 2 is 2.14 bits per heavy atom. The first-order chi connectivity index (χ1) is 10.0. The number of ether oxygens (including phenoxy) is 1. The van der Waals surface area contributed by atoms with Crippen molar-refractivity contribution in [3.05, 3.63) is 27.8 Å². The summed E-state index contributed by atoms with van der Waals surface area (Å²) in [7, 11) is 1.58. The Hall–Kier alpha value is -1.26. The van der Waals surface area contributed by atoms with E-state index in [1.165, 1.54) is 17.5 Å². The van der Waals surface area contributed by atoms with Gasteiger partial charge in [-0.05, 0) is 49.3 Å². The highest BCUT2D eigenvalue weighted by atomic mass is 35.5. The molecule has 0 saturated carbocycles. The molecule has 1 aromatic carbocycles. The number of hydrogen-bond donors (Lipinski definition) is 2. The summed E-state index contributed by atoms with van der Waals surface area (Å²) in [5.41, 5.74) is 9.62. The Labute approximate surface area is 130 Å². The molecule has 21 heavy (non-hydrogen) atoms. The van der Waals surface area contributed by atoms with E-state index < -0.39 is 5.97 Å². The van der Waals surface area contributed by atoms with Gasteiger partial charge in [-0.3, -0.25) is 4.79 Å². The lowest BCUT2D eigenvalue weighted by Crippen LogP contribution is -2.17. The van der Waals surface area contributed by atoms with Crippen LogP contribution in [0, 0.1) is 0 Å². The molecule has 2 rings (SSSR count). The largest absolute Gasteiger partial charge is 0.495 e. The van der Waals surface area contributed by atoms with Crippen LogP contribution in [0.4, 0.5) is 0 Å². The third-order valence-electron chi connectivity index (χ3n) is 4.09. The van der Waals surface area contributed by atoms with Crippen molar-refractivity contribution < 1.29 is 14.6 Å². The van der Waals surface area contributed by atoms with E-state index >= 15 is 0 Å². The van der Waals surface area contributed by atoms with E-state index in [2.05, 4.69) is 0 Å². The summed E-state index contributed by atoms with van der Waals surface area (Å²) in [5.74, 6) is -0.229. The summed E-state index contributed by atoms with van der Waals surface area (Å²) >= 11 is 6.33. The molecular formula is C16H22ClNO3. The minimum atomic E-state index is -0.836. The fraction of sp³-hybridized carbons (Fsp3) is 0.562. The van der Waals surface area contributed by atoms with Crippen LogP contribution in [-0.2, 0) is 17.6 Å². The van der Waals surface area contributed by atoms with Crippen LogP contribution in [0.15, 0.2) is 6.07 Å². The number of rotatable bonds is 5. The smallest absolute Gasteiger partial charge is 0.303 e. The minimum absolute atomic E-state index is 0.0472. The van der Waals surface area contributed by atoms with Gasteiger partial charge >= 0.3 is 5.97 Å². The molecular weight excluding hydrogens is 290 g/mol. The highest BCUT2D eigenvalue weighted by molar-refractivity contribution is 6.32. The number of aliphatic carboxylic acids is 1. The summed E-state index contributed by atoms with van der Waals surface area (Å²) in [6.45, 7) is 0. The molecule has 1 aliphatic rings. The van der Waals surface area contributed by atoms with Gasteiger partial charge in [-0.25, -0.2) is 0 Å². The lowest BCUT2D eigenvalue weighted by atomic mass is 9.90. The molecule has 116 valence electrons. The first-order valence-corrected chi connectivity index (χ1v) is 7.78. The summed E-state index contributed by atoms with van der Waals surface area (Å²) in [5, 5.41) is 9.43. The van der Waals surface area contributed by atoms with Crippen molar-refractivity contribution in [2.24, 2.45) is 5.73 Å². The van der Waals surface area contributed by atoms with Crippen LogP contribution in [0.1, 0.15) is 54.8 Å². The third-order valence-corrected chi connectivity index (χ3v) is 4.37. The maximum absolute atomic E-state index is 10.8. The van der Waals surface area contributed by atoms with Crippen LogP contribution in [0.5, 0.6) is 5.75 Å². The molecule has 1 aromatic rings. The Kier molecular flexibility index (Phi) is 5.48. The number of carboxylic acids is 1. The highest BCUT2D eigenvalue weighted by Gasteiger charge is 2.24. The number of nitrogens with two attached hydrogens (primary N) is 1. The van der Waals surface area contributed by atoms with Gasteiger partial charge in [0.2, 0.25) is 0 Å². The van der Waals surface area contributed by atoms with Gasteiger partial charge in [-0.15, -0.1) is 0 Å². The summed E-state index contributed by atoms with van der Waals surface area (Å²) in [6.07, 6.45) is 5.86. The van der Waals surface area contributed by atoms with E-state index in [1.807, 2.05) is 6.07 Å². The van der Waals surface area contributed by atoms with Crippen molar-refractivity contribution in [3.8, 4) is 5.75 Å². The van der Waals surface area contributed by atoms with Gasteiger partial charge in [0.25, 0.3) is 0 Å². The van der Waals surface area contributed by atoms with E-state index in [1.54, 1.807) is 7.11 Å². The van der Waals surface area contributed by atoms with E-state index in [4.69, 9.17) is 27.2 Å². The molecule has 0 amide bonds. The molecule has 0 saturated heterocycles. The highest BCUT2D eigenvalue weighted by Crippen LogP contribution is 2.40. The van der Waals surface area contributed by atoms with Crippen molar-refractivity contribution in [1.29, 1.82) is 0 Å². The Bertz CT molecular complexity index is 531. The topological polar surface area (TPSA) is 72.5 Å². The monoisotopic (exact) mass is 311 g/mol. The van der Waals surface area contributed by atoms with Crippen LogP contribution in [-0.4, -0.2) is 18.2 Å². The Morgan fingerprint density at radius 1 is 1.43 bits per heavy atom. The van der Waals surface area contributed by atoms with Gasteiger partial charge < -0.3 is 15.6 Å². The van der Waals surface area contributed by atoms with Crippen LogP contribution >= 0.6 is 11.6 Å². The molecule has 0 radical (unpaired) electrons. The number of benzene rings is 1. The van der Waals surface area contributed by atoms with Crippen LogP contribution in [0.3, 0.4) is 0 Å². The van der Waals surface area contributed by atoms with E-state index in [0.717, 1.165) is 31.2 Å². The first kappa shape index (κ1) is 16.1. The number of aryl methyl sites for hydroxylation is 1. The van der Waals surface area contributed by atoms with Crippen LogP contribution in [0.25, 0.3) is 0 Å². The molecule has 0 heterocycles. The quantitative estimate of drug-likeness (QED) is 0.817. The number of hydrogen-bond acceptors (Lipinski definition) is 3. The molecule has 0 bridgehead atoms. The standard InChI is InChI=1S/C16H22ClNO3/c1-21-16-12(17)9-10-5-3-2-4-6-11(10)15(16)13(18)7-8-14(19)20/h9,13H,2-8,18H2,1H3,(H,19,20). The molecule has 1 atom stereocenters. The van der Waals surface area contributed by atoms with E-state index in [9.17, 15) is 4.79 Å². The average Bonchev–Trinajstić information content (AvgIpc) is 2.68. The predicted molar refractivity (Wildman–Crippen MR) is 83.1 cm³/mol. The molecule has 5 heteroatoms. The third kappa shape index (κ3) is 3.69. The summed E-state index contributed by atoms with van der Waals surface area (Å²) < 4.78 is 5.45.